The summed E-state index contributed by atoms with van der Waals surface area (Å²) in [5, 5.41) is 18.2. The first-order valence-corrected chi connectivity index (χ1v) is 25.5. The molecule has 1 atom stereocenters. The van der Waals surface area contributed by atoms with Crippen LogP contribution in [-0.2, 0) is 38.9 Å². The van der Waals surface area contributed by atoms with Crippen LogP contribution >= 0.6 is 0 Å². The number of rotatable bonds is 21. The lowest BCUT2D eigenvalue weighted by molar-refractivity contribution is -0.135. The number of piperazine rings is 1. The van der Waals surface area contributed by atoms with Gasteiger partial charge in [0.2, 0.25) is 5.91 Å². The fraction of sp³-hybridized carbons (Fsp3) is 0.615. The largest absolute Gasteiger partial charge is 0.510 e. The second-order valence-corrected chi connectivity index (χ2v) is 19.4. The van der Waals surface area contributed by atoms with E-state index in [4.69, 9.17) is 19.3 Å². The normalized spacial score (nSPS) is 17.0. The zero-order valence-corrected chi connectivity index (χ0v) is 41.1. The van der Waals surface area contributed by atoms with Crippen molar-refractivity contribution in [2.24, 2.45) is 0 Å². The summed E-state index contributed by atoms with van der Waals surface area (Å²) in [7, 11) is 2.16. The summed E-state index contributed by atoms with van der Waals surface area (Å²) in [6.45, 7) is 9.49. The molecule has 69 heavy (non-hydrogen) atoms. The fourth-order valence-corrected chi connectivity index (χ4v) is 10.4. The Morgan fingerprint density at radius 2 is 1.45 bits per heavy atom. The van der Waals surface area contributed by atoms with Crippen LogP contribution < -0.4 is 10.9 Å². The molecule has 2 aromatic heterocycles. The minimum Gasteiger partial charge on any atom is -0.450 e. The summed E-state index contributed by atoms with van der Waals surface area (Å²) < 4.78 is 18.5. The van der Waals surface area contributed by atoms with Crippen LogP contribution in [0.5, 0.6) is 0 Å². The van der Waals surface area contributed by atoms with Gasteiger partial charge in [0.1, 0.15) is 6.04 Å². The SMILES string of the molecule is CCCCCCCCCCCCOC(=O)OCn1c(=O)c(C2CCN(C(=O)N[C@H](Cc3cc(C)c4nn(COC(=O)O)cc4c3)C(=O)N3CCN(C4CCN(C)CC4)CC3)CC2)cc2ccccc21. The number of urea groups is 1. The fourth-order valence-electron chi connectivity index (χ4n) is 10.4. The van der Waals surface area contributed by atoms with E-state index < -0.39 is 18.4 Å². The van der Waals surface area contributed by atoms with Crippen LogP contribution in [0, 0.1) is 6.92 Å². The Morgan fingerprint density at radius 1 is 0.768 bits per heavy atom. The Balaban J connectivity index is 0.966. The number of unbranched alkanes of at least 4 members (excludes halogenated alkanes) is 9. The van der Waals surface area contributed by atoms with E-state index in [1.807, 2.05) is 54.3 Å². The molecule has 3 aliphatic rings. The van der Waals surface area contributed by atoms with Crippen LogP contribution in [0.4, 0.5) is 14.4 Å². The van der Waals surface area contributed by atoms with Gasteiger partial charge in [-0.25, -0.2) is 19.1 Å². The van der Waals surface area contributed by atoms with Crippen molar-refractivity contribution in [1.82, 2.24) is 39.3 Å². The molecule has 2 aromatic carbocycles. The monoisotopic (exact) mass is 955 g/mol. The second-order valence-electron chi connectivity index (χ2n) is 19.4. The maximum atomic E-state index is 14.5. The minimum absolute atomic E-state index is 0.133. The predicted molar refractivity (Wildman–Crippen MR) is 264 cm³/mol. The average Bonchev–Trinajstić information content (AvgIpc) is 3.78. The summed E-state index contributed by atoms with van der Waals surface area (Å²) in [5.74, 6) is -0.276. The van der Waals surface area contributed by atoms with Gasteiger partial charge in [-0.1, -0.05) is 89.0 Å². The zero-order chi connectivity index (χ0) is 48.7. The van der Waals surface area contributed by atoms with Gasteiger partial charge < -0.3 is 39.3 Å². The van der Waals surface area contributed by atoms with Gasteiger partial charge in [0.15, 0.2) is 13.5 Å². The van der Waals surface area contributed by atoms with E-state index in [-0.39, 0.29) is 49.9 Å². The number of carboxylic acid groups (broad SMARTS) is 1. The molecule has 17 nitrogen and oxygen atoms in total. The number of aromatic nitrogens is 3. The van der Waals surface area contributed by atoms with Crippen LogP contribution in [0.25, 0.3) is 21.8 Å². The summed E-state index contributed by atoms with van der Waals surface area (Å²) >= 11 is 0. The molecule has 0 radical (unpaired) electrons. The van der Waals surface area contributed by atoms with Crippen LogP contribution in [0.1, 0.15) is 119 Å². The molecule has 4 aromatic rings. The van der Waals surface area contributed by atoms with E-state index in [0.717, 1.165) is 80.2 Å². The highest BCUT2D eigenvalue weighted by Crippen LogP contribution is 2.29. The maximum Gasteiger partial charge on any atom is 0.510 e. The first kappa shape index (κ1) is 51.2. The zero-order valence-electron chi connectivity index (χ0n) is 41.1. The Kier molecular flexibility index (Phi) is 18.7. The molecule has 3 fully saturated rings. The van der Waals surface area contributed by atoms with E-state index in [2.05, 4.69) is 34.2 Å². The lowest BCUT2D eigenvalue weighted by Gasteiger charge is -2.43. The van der Waals surface area contributed by atoms with Gasteiger partial charge in [-0.3, -0.25) is 19.1 Å². The Hall–Kier alpha value is -5.68. The van der Waals surface area contributed by atoms with Gasteiger partial charge in [0, 0.05) is 68.9 Å². The Labute approximate surface area is 406 Å². The molecule has 17 heteroatoms. The second kappa shape index (κ2) is 25.3. The van der Waals surface area contributed by atoms with Crippen LogP contribution in [0.15, 0.2) is 53.5 Å². The van der Waals surface area contributed by atoms with Gasteiger partial charge in [-0.05, 0) is 99.8 Å². The number of fused-ring (bicyclic) bond motifs is 2. The number of ether oxygens (including phenoxy) is 3. The Morgan fingerprint density at radius 3 is 2.14 bits per heavy atom. The van der Waals surface area contributed by atoms with Gasteiger partial charge in [0.05, 0.1) is 17.6 Å². The molecular weight excluding hydrogens is 881 g/mol. The molecule has 2 N–H and O–H groups in total. The van der Waals surface area contributed by atoms with E-state index in [0.29, 0.717) is 61.7 Å². The number of amides is 3. The van der Waals surface area contributed by atoms with Crippen molar-refractivity contribution < 1.29 is 38.5 Å². The third-order valence-corrected chi connectivity index (χ3v) is 14.4. The van der Waals surface area contributed by atoms with Crippen LogP contribution in [0.3, 0.4) is 0 Å². The number of carbonyl (C=O) groups excluding carboxylic acids is 3. The molecule has 0 aliphatic carbocycles. The lowest BCUT2D eigenvalue weighted by Crippen LogP contribution is -2.59. The average molecular weight is 955 g/mol. The molecule has 376 valence electrons. The highest BCUT2D eigenvalue weighted by Gasteiger charge is 2.34. The van der Waals surface area contributed by atoms with Gasteiger partial charge in [0.25, 0.3) is 5.56 Å². The molecule has 0 saturated carbocycles. The third kappa shape index (κ3) is 14.2. The van der Waals surface area contributed by atoms with E-state index in [1.165, 1.54) is 54.2 Å². The van der Waals surface area contributed by atoms with E-state index in [9.17, 15) is 24.0 Å². The molecule has 3 aliphatic heterocycles. The predicted octanol–water partition coefficient (Wildman–Crippen LogP) is 8.08. The van der Waals surface area contributed by atoms with Gasteiger partial charge in [-0.2, -0.15) is 5.10 Å². The number of para-hydroxylation sites is 1. The van der Waals surface area contributed by atoms with Crippen LogP contribution in [0.2, 0.25) is 0 Å². The quantitative estimate of drug-likeness (QED) is 0.0607. The first-order valence-electron chi connectivity index (χ1n) is 25.5. The molecule has 3 saturated heterocycles. The van der Waals surface area contributed by atoms with Crippen molar-refractivity contribution in [3.05, 3.63) is 75.7 Å². The number of pyridine rings is 1. The number of nitrogens with zero attached hydrogens (tertiary/aromatic N) is 7. The Bertz CT molecular complexity index is 2400. The molecular formula is C52H74N8O9. The number of hydrogen-bond acceptors (Lipinski definition) is 11. The number of hydrogen-bond donors (Lipinski definition) is 2. The van der Waals surface area contributed by atoms with Crippen molar-refractivity contribution in [1.29, 1.82) is 0 Å². The summed E-state index contributed by atoms with van der Waals surface area (Å²) in [4.78, 5) is 75.0. The highest BCUT2D eigenvalue weighted by atomic mass is 16.7. The molecule has 0 bridgehead atoms. The van der Waals surface area contributed by atoms with Crippen molar-refractivity contribution >= 4 is 46.1 Å². The van der Waals surface area contributed by atoms with Crippen molar-refractivity contribution in [3.8, 4) is 0 Å². The minimum atomic E-state index is -1.40. The van der Waals surface area contributed by atoms with Crippen LogP contribution in [-0.4, -0.2) is 141 Å². The smallest absolute Gasteiger partial charge is 0.450 e. The molecule has 7 rings (SSSR count). The summed E-state index contributed by atoms with van der Waals surface area (Å²) in [5.41, 5.74) is 3.39. The molecule has 0 unspecified atom stereocenters. The van der Waals surface area contributed by atoms with E-state index in [1.54, 1.807) is 11.1 Å². The molecule has 5 heterocycles. The number of benzene rings is 2. The number of carbonyl (C=O) groups is 4. The summed E-state index contributed by atoms with van der Waals surface area (Å²) in [6, 6.07) is 12.6. The number of aryl methyl sites for hydroxylation is 1. The highest BCUT2D eigenvalue weighted by molar-refractivity contribution is 5.88. The first-order chi connectivity index (χ1) is 33.5. The molecule has 0 spiro atoms. The number of likely N-dealkylation sites (tertiary alicyclic amines) is 2. The topological polar surface area (TPSA) is 181 Å². The third-order valence-electron chi connectivity index (χ3n) is 14.4. The van der Waals surface area contributed by atoms with Crippen molar-refractivity contribution in [2.45, 2.75) is 142 Å². The lowest BCUT2D eigenvalue weighted by atomic mass is 9.89. The van der Waals surface area contributed by atoms with Gasteiger partial charge in [-0.15, -0.1) is 0 Å². The standard InChI is InChI=1S/C52H74N8O9/c1-4-5-6-7-8-9-10-11-12-15-30-67-52(66)69-37-60-46-17-14-13-16-41(46)34-44(48(60)61)40-18-24-58(25-19-40)50(63)53-45(49(62)57-28-26-56(27-29-57)43-20-22-55(3)23-21-43)33-39-31-38(2)47-42(32-39)35-59(54-47)36-68-51(64)65/h13-14,16-17,31-32,34-35,40,43,45H,4-12,15,18-30,33,36-37H2,1-3H3,(H,53,63)(H,64,65)/t45-/m1/s1. The van der Waals surface area contributed by atoms with Crippen molar-refractivity contribution in [3.63, 3.8) is 0 Å². The maximum absolute atomic E-state index is 14.5. The van der Waals surface area contributed by atoms with Gasteiger partial charge >= 0.3 is 18.3 Å². The van der Waals surface area contributed by atoms with Crippen molar-refractivity contribution in [2.75, 3.05) is 66.0 Å². The number of nitrogens with one attached hydrogen (secondary N) is 1. The summed E-state index contributed by atoms with van der Waals surface area (Å²) in [6.07, 6.45) is 14.8. The number of piperidine rings is 2. The molecule has 3 amide bonds. The van der Waals surface area contributed by atoms with E-state index >= 15 is 0 Å².